The molecule has 1 saturated carbocycles. The summed E-state index contributed by atoms with van der Waals surface area (Å²) in [5, 5.41) is 9.18. The van der Waals surface area contributed by atoms with Crippen molar-refractivity contribution in [2.24, 2.45) is 5.73 Å². The van der Waals surface area contributed by atoms with E-state index < -0.39 is 0 Å². The highest BCUT2D eigenvalue weighted by atomic mass is 19.1. The summed E-state index contributed by atoms with van der Waals surface area (Å²) in [6, 6.07) is 6.88. The highest BCUT2D eigenvalue weighted by Crippen LogP contribution is 2.36. The van der Waals surface area contributed by atoms with E-state index >= 15 is 0 Å². The first-order valence-corrected chi connectivity index (χ1v) is 6.51. The Balaban J connectivity index is 2.29. The van der Waals surface area contributed by atoms with Crippen molar-refractivity contribution < 1.29 is 9.50 Å². The van der Waals surface area contributed by atoms with Gasteiger partial charge in [0.15, 0.2) is 0 Å². The summed E-state index contributed by atoms with van der Waals surface area (Å²) < 4.78 is 13.9. The SMILES string of the molecule is CC(N)C(c1ccccc1F)N(CCO)C1CC1. The Morgan fingerprint density at radius 1 is 1.44 bits per heavy atom. The van der Waals surface area contributed by atoms with Crippen LogP contribution in [0.2, 0.25) is 0 Å². The number of nitrogens with zero attached hydrogens (tertiary/aromatic N) is 1. The van der Waals surface area contributed by atoms with Crippen LogP contribution in [0, 0.1) is 5.82 Å². The zero-order chi connectivity index (χ0) is 13.1. The number of rotatable bonds is 6. The maximum absolute atomic E-state index is 13.9. The first-order valence-electron chi connectivity index (χ1n) is 6.51. The third kappa shape index (κ3) is 2.88. The summed E-state index contributed by atoms with van der Waals surface area (Å²) in [4.78, 5) is 2.14. The summed E-state index contributed by atoms with van der Waals surface area (Å²) in [6.45, 7) is 2.52. The second kappa shape index (κ2) is 5.78. The van der Waals surface area contributed by atoms with Crippen LogP contribution in [0.1, 0.15) is 31.4 Å². The monoisotopic (exact) mass is 252 g/mol. The van der Waals surface area contributed by atoms with Gasteiger partial charge in [0.1, 0.15) is 5.82 Å². The number of benzene rings is 1. The number of aliphatic hydroxyl groups excluding tert-OH is 1. The minimum Gasteiger partial charge on any atom is -0.395 e. The summed E-state index contributed by atoms with van der Waals surface area (Å²) in [5.74, 6) is -0.219. The lowest BCUT2D eigenvalue weighted by molar-refractivity contribution is 0.126. The van der Waals surface area contributed by atoms with E-state index in [2.05, 4.69) is 4.90 Å². The van der Waals surface area contributed by atoms with Crippen molar-refractivity contribution in [1.29, 1.82) is 0 Å². The molecule has 0 aliphatic heterocycles. The van der Waals surface area contributed by atoms with Gasteiger partial charge in [0.25, 0.3) is 0 Å². The molecule has 18 heavy (non-hydrogen) atoms. The van der Waals surface area contributed by atoms with Gasteiger partial charge in [0, 0.05) is 24.2 Å². The molecule has 1 aromatic rings. The Morgan fingerprint density at radius 3 is 2.61 bits per heavy atom. The van der Waals surface area contributed by atoms with Crippen LogP contribution in [0.25, 0.3) is 0 Å². The second-order valence-electron chi connectivity index (χ2n) is 5.02. The van der Waals surface area contributed by atoms with E-state index in [1.807, 2.05) is 13.0 Å². The van der Waals surface area contributed by atoms with E-state index in [0.29, 0.717) is 18.2 Å². The molecule has 2 rings (SSSR count). The van der Waals surface area contributed by atoms with Crippen LogP contribution in [0.4, 0.5) is 4.39 Å². The molecule has 2 atom stereocenters. The van der Waals surface area contributed by atoms with Crippen LogP contribution in [-0.2, 0) is 0 Å². The molecule has 0 amide bonds. The van der Waals surface area contributed by atoms with E-state index in [4.69, 9.17) is 5.73 Å². The van der Waals surface area contributed by atoms with Gasteiger partial charge in [-0.1, -0.05) is 18.2 Å². The molecule has 100 valence electrons. The molecule has 4 heteroatoms. The molecule has 1 aliphatic carbocycles. The maximum Gasteiger partial charge on any atom is 0.128 e. The van der Waals surface area contributed by atoms with Gasteiger partial charge in [-0.15, -0.1) is 0 Å². The van der Waals surface area contributed by atoms with Crippen LogP contribution in [-0.4, -0.2) is 35.2 Å². The van der Waals surface area contributed by atoms with Crippen LogP contribution in [0.5, 0.6) is 0 Å². The third-order valence-corrected chi connectivity index (χ3v) is 3.45. The highest BCUT2D eigenvalue weighted by molar-refractivity contribution is 5.23. The number of nitrogens with two attached hydrogens (primary N) is 1. The molecule has 3 nitrogen and oxygen atoms in total. The quantitative estimate of drug-likeness (QED) is 0.809. The van der Waals surface area contributed by atoms with Crippen LogP contribution < -0.4 is 5.73 Å². The smallest absolute Gasteiger partial charge is 0.128 e. The zero-order valence-electron chi connectivity index (χ0n) is 10.7. The lowest BCUT2D eigenvalue weighted by Gasteiger charge is -2.34. The average Bonchev–Trinajstić information content (AvgIpc) is 3.14. The Hall–Kier alpha value is -0.970. The van der Waals surface area contributed by atoms with Gasteiger partial charge >= 0.3 is 0 Å². The van der Waals surface area contributed by atoms with Crippen molar-refractivity contribution in [3.63, 3.8) is 0 Å². The van der Waals surface area contributed by atoms with Gasteiger partial charge in [0.2, 0.25) is 0 Å². The van der Waals surface area contributed by atoms with Crippen LogP contribution >= 0.6 is 0 Å². The molecule has 0 aromatic heterocycles. The predicted molar refractivity (Wildman–Crippen MR) is 69.6 cm³/mol. The molecule has 3 N–H and O–H groups in total. The second-order valence-corrected chi connectivity index (χ2v) is 5.02. The van der Waals surface area contributed by atoms with Gasteiger partial charge in [-0.2, -0.15) is 0 Å². The molecule has 0 heterocycles. The number of aliphatic hydroxyl groups is 1. The molecule has 0 radical (unpaired) electrons. The van der Waals surface area contributed by atoms with Crippen molar-refractivity contribution in [1.82, 2.24) is 4.90 Å². The Labute approximate surface area is 107 Å². The van der Waals surface area contributed by atoms with E-state index in [0.717, 1.165) is 12.8 Å². The lowest BCUT2D eigenvalue weighted by atomic mass is 9.98. The molecule has 1 aromatic carbocycles. The van der Waals surface area contributed by atoms with Gasteiger partial charge in [-0.05, 0) is 25.8 Å². The van der Waals surface area contributed by atoms with Crippen molar-refractivity contribution >= 4 is 0 Å². The summed E-state index contributed by atoms with van der Waals surface area (Å²) in [6.07, 6.45) is 2.22. The van der Waals surface area contributed by atoms with Crippen molar-refractivity contribution in [3.05, 3.63) is 35.6 Å². The number of hydrogen-bond acceptors (Lipinski definition) is 3. The van der Waals surface area contributed by atoms with Crippen molar-refractivity contribution in [2.45, 2.75) is 37.9 Å². The van der Waals surface area contributed by atoms with Crippen molar-refractivity contribution in [3.8, 4) is 0 Å². The fourth-order valence-electron chi connectivity index (χ4n) is 2.55. The van der Waals surface area contributed by atoms with Gasteiger partial charge < -0.3 is 10.8 Å². The first-order chi connectivity index (χ1) is 8.65. The maximum atomic E-state index is 13.9. The molecule has 0 spiro atoms. The van der Waals surface area contributed by atoms with Gasteiger partial charge in [-0.25, -0.2) is 4.39 Å². The van der Waals surface area contributed by atoms with E-state index in [1.54, 1.807) is 12.1 Å². The normalized spacial score (nSPS) is 18.9. The summed E-state index contributed by atoms with van der Waals surface area (Å²) in [7, 11) is 0. The fraction of sp³-hybridized carbons (Fsp3) is 0.571. The van der Waals surface area contributed by atoms with Crippen molar-refractivity contribution in [2.75, 3.05) is 13.2 Å². The van der Waals surface area contributed by atoms with Gasteiger partial charge in [-0.3, -0.25) is 4.90 Å². The Kier molecular flexibility index (Phi) is 4.32. The van der Waals surface area contributed by atoms with E-state index in [1.165, 1.54) is 6.07 Å². The van der Waals surface area contributed by atoms with Crippen LogP contribution in [0.3, 0.4) is 0 Å². The molecule has 2 unspecified atom stereocenters. The average molecular weight is 252 g/mol. The van der Waals surface area contributed by atoms with Crippen LogP contribution in [0.15, 0.2) is 24.3 Å². The zero-order valence-corrected chi connectivity index (χ0v) is 10.7. The largest absolute Gasteiger partial charge is 0.395 e. The van der Waals surface area contributed by atoms with Gasteiger partial charge in [0.05, 0.1) is 12.6 Å². The van der Waals surface area contributed by atoms with E-state index in [-0.39, 0.29) is 24.5 Å². The minimum atomic E-state index is -0.219. The molecular formula is C14H21FN2O. The highest BCUT2D eigenvalue weighted by Gasteiger charge is 2.36. The number of hydrogen-bond donors (Lipinski definition) is 2. The molecular weight excluding hydrogens is 231 g/mol. The number of halogens is 1. The Morgan fingerprint density at radius 2 is 2.11 bits per heavy atom. The lowest BCUT2D eigenvalue weighted by Crippen LogP contribution is -2.42. The molecule has 1 fully saturated rings. The molecule has 1 aliphatic rings. The first kappa shape index (κ1) is 13.5. The standard InChI is InChI=1S/C14H21FN2O/c1-10(16)14(12-4-2-3-5-13(12)15)17(8-9-18)11-6-7-11/h2-5,10-11,14,18H,6-9,16H2,1H3. The molecule has 0 saturated heterocycles. The minimum absolute atomic E-state index is 0.0776. The fourth-order valence-corrected chi connectivity index (χ4v) is 2.55. The summed E-state index contributed by atoms with van der Waals surface area (Å²) >= 11 is 0. The predicted octanol–water partition coefficient (Wildman–Crippen LogP) is 1.67. The topological polar surface area (TPSA) is 49.5 Å². The molecule has 0 bridgehead atoms. The summed E-state index contributed by atoms with van der Waals surface area (Å²) in [5.41, 5.74) is 6.68. The van der Waals surface area contributed by atoms with E-state index in [9.17, 15) is 9.50 Å². The third-order valence-electron chi connectivity index (χ3n) is 3.45. The Bertz CT molecular complexity index is 393.